The maximum Gasteiger partial charge on any atom is 0.223 e. The number of halogens is 1. The van der Waals surface area contributed by atoms with Crippen molar-refractivity contribution in [3.05, 3.63) is 28.8 Å². The number of anilines is 1. The third-order valence-electron chi connectivity index (χ3n) is 3.26. The Morgan fingerprint density at radius 3 is 2.67 bits per heavy atom. The van der Waals surface area contributed by atoms with Crippen LogP contribution in [0.25, 0.3) is 0 Å². The minimum Gasteiger partial charge on any atom is -0.356 e. The van der Waals surface area contributed by atoms with E-state index in [9.17, 15) is 9.59 Å². The van der Waals surface area contributed by atoms with Gasteiger partial charge in [-0.05, 0) is 31.0 Å². The summed E-state index contributed by atoms with van der Waals surface area (Å²) in [5.74, 6) is -0.129. The monoisotopic (exact) mass is 310 g/mol. The largest absolute Gasteiger partial charge is 0.356 e. The fourth-order valence-corrected chi connectivity index (χ4v) is 2.19. The van der Waals surface area contributed by atoms with Crippen LogP contribution < -0.4 is 10.2 Å². The van der Waals surface area contributed by atoms with Crippen LogP contribution in [0.2, 0.25) is 5.02 Å². The standard InChI is InChI=1S/C16H23ClN2O2/c1-4-5-9-18-16(21)8-10-19(13(3)20)15-11-14(17)7-6-12(15)2/h6-7,11H,4-5,8-10H2,1-3H3,(H,18,21). The Bertz CT molecular complexity index is 503. The van der Waals surface area contributed by atoms with E-state index in [0.717, 1.165) is 24.1 Å². The van der Waals surface area contributed by atoms with Gasteiger partial charge in [0.1, 0.15) is 0 Å². The topological polar surface area (TPSA) is 49.4 Å². The molecule has 116 valence electrons. The fourth-order valence-electron chi connectivity index (χ4n) is 2.03. The van der Waals surface area contributed by atoms with Gasteiger partial charge in [-0.15, -0.1) is 0 Å². The van der Waals surface area contributed by atoms with Crippen LogP contribution in [0.1, 0.15) is 38.7 Å². The number of benzene rings is 1. The maximum absolute atomic E-state index is 11.8. The molecule has 2 amide bonds. The Kier molecular flexibility index (Phi) is 7.23. The van der Waals surface area contributed by atoms with Crippen molar-refractivity contribution in [3.63, 3.8) is 0 Å². The van der Waals surface area contributed by atoms with E-state index in [2.05, 4.69) is 12.2 Å². The summed E-state index contributed by atoms with van der Waals surface area (Å²) in [6, 6.07) is 5.42. The lowest BCUT2D eigenvalue weighted by Gasteiger charge is -2.23. The number of hydrogen-bond donors (Lipinski definition) is 1. The van der Waals surface area contributed by atoms with Gasteiger partial charge >= 0.3 is 0 Å². The van der Waals surface area contributed by atoms with Gasteiger partial charge in [-0.3, -0.25) is 9.59 Å². The Balaban J connectivity index is 2.68. The van der Waals surface area contributed by atoms with Gasteiger partial charge in [-0.25, -0.2) is 0 Å². The van der Waals surface area contributed by atoms with Crippen molar-refractivity contribution in [3.8, 4) is 0 Å². The molecule has 0 radical (unpaired) electrons. The van der Waals surface area contributed by atoms with Gasteiger partial charge in [0.25, 0.3) is 0 Å². The summed E-state index contributed by atoms with van der Waals surface area (Å²) in [4.78, 5) is 25.2. The molecule has 21 heavy (non-hydrogen) atoms. The molecule has 0 spiro atoms. The van der Waals surface area contributed by atoms with Crippen molar-refractivity contribution < 1.29 is 9.59 Å². The van der Waals surface area contributed by atoms with E-state index in [1.165, 1.54) is 6.92 Å². The summed E-state index contributed by atoms with van der Waals surface area (Å²) in [6.07, 6.45) is 2.30. The third kappa shape index (κ3) is 5.76. The predicted octanol–water partition coefficient (Wildman–Crippen LogP) is 3.31. The van der Waals surface area contributed by atoms with Gasteiger partial charge in [0.05, 0.1) is 0 Å². The molecule has 0 heterocycles. The SMILES string of the molecule is CCCCNC(=O)CCN(C(C)=O)c1cc(Cl)ccc1C. The van der Waals surface area contributed by atoms with Crippen LogP contribution in [0, 0.1) is 6.92 Å². The van der Waals surface area contributed by atoms with E-state index in [4.69, 9.17) is 11.6 Å². The lowest BCUT2D eigenvalue weighted by atomic mass is 10.1. The Labute approximate surface area is 131 Å². The van der Waals surface area contributed by atoms with Crippen LogP contribution >= 0.6 is 11.6 Å². The molecule has 0 unspecified atom stereocenters. The number of aryl methyl sites for hydroxylation is 1. The van der Waals surface area contributed by atoms with Gasteiger partial charge < -0.3 is 10.2 Å². The van der Waals surface area contributed by atoms with Gasteiger partial charge in [0, 0.05) is 37.1 Å². The summed E-state index contributed by atoms with van der Waals surface area (Å²) in [7, 11) is 0. The van der Waals surface area contributed by atoms with Gasteiger partial charge in [-0.2, -0.15) is 0 Å². The first-order valence-corrected chi connectivity index (χ1v) is 7.64. The minimum absolute atomic E-state index is 0.0330. The number of rotatable bonds is 7. The molecule has 1 rings (SSSR count). The zero-order valence-electron chi connectivity index (χ0n) is 12.9. The first-order valence-electron chi connectivity index (χ1n) is 7.26. The Hall–Kier alpha value is -1.55. The molecule has 0 fully saturated rings. The van der Waals surface area contributed by atoms with Crippen LogP contribution in [-0.4, -0.2) is 24.9 Å². The molecule has 0 atom stereocenters. The number of hydrogen-bond acceptors (Lipinski definition) is 2. The van der Waals surface area contributed by atoms with E-state index >= 15 is 0 Å². The lowest BCUT2D eigenvalue weighted by molar-refractivity contribution is -0.121. The predicted molar refractivity (Wildman–Crippen MR) is 86.8 cm³/mol. The summed E-state index contributed by atoms with van der Waals surface area (Å²) in [5, 5.41) is 3.43. The lowest BCUT2D eigenvalue weighted by Crippen LogP contribution is -2.34. The molecule has 0 bridgehead atoms. The molecule has 0 aliphatic rings. The maximum atomic E-state index is 11.8. The van der Waals surface area contributed by atoms with Crippen LogP contribution in [0.5, 0.6) is 0 Å². The zero-order valence-corrected chi connectivity index (χ0v) is 13.7. The highest BCUT2D eigenvalue weighted by atomic mass is 35.5. The van der Waals surface area contributed by atoms with Crippen LogP contribution in [0.3, 0.4) is 0 Å². The molecule has 0 saturated carbocycles. The van der Waals surface area contributed by atoms with Crippen molar-refractivity contribution >= 4 is 29.1 Å². The number of carbonyl (C=O) groups is 2. The second-order valence-electron chi connectivity index (χ2n) is 5.05. The second-order valence-corrected chi connectivity index (χ2v) is 5.49. The summed E-state index contributed by atoms with van der Waals surface area (Å²) in [6.45, 7) is 6.53. The summed E-state index contributed by atoms with van der Waals surface area (Å²) in [5.41, 5.74) is 1.72. The highest BCUT2D eigenvalue weighted by molar-refractivity contribution is 6.31. The van der Waals surface area contributed by atoms with E-state index in [-0.39, 0.29) is 18.2 Å². The molecule has 0 aliphatic carbocycles. The van der Waals surface area contributed by atoms with Crippen molar-refractivity contribution in [1.82, 2.24) is 5.32 Å². The molecule has 0 saturated heterocycles. The molecule has 4 nitrogen and oxygen atoms in total. The van der Waals surface area contributed by atoms with Gasteiger partial charge in [0.15, 0.2) is 0 Å². The summed E-state index contributed by atoms with van der Waals surface area (Å²) < 4.78 is 0. The Morgan fingerprint density at radius 1 is 1.33 bits per heavy atom. The number of nitrogens with zero attached hydrogens (tertiary/aromatic N) is 1. The van der Waals surface area contributed by atoms with Gasteiger partial charge in [-0.1, -0.05) is 31.0 Å². The zero-order chi connectivity index (χ0) is 15.8. The number of nitrogens with one attached hydrogen (secondary N) is 1. The third-order valence-corrected chi connectivity index (χ3v) is 3.49. The fraction of sp³-hybridized carbons (Fsp3) is 0.500. The molecule has 0 aliphatic heterocycles. The van der Waals surface area contributed by atoms with Crippen molar-refractivity contribution in [2.24, 2.45) is 0 Å². The molecule has 1 aromatic carbocycles. The molecular formula is C16H23ClN2O2. The normalized spacial score (nSPS) is 10.3. The van der Waals surface area contributed by atoms with Gasteiger partial charge in [0.2, 0.25) is 11.8 Å². The average molecular weight is 311 g/mol. The highest BCUT2D eigenvalue weighted by Gasteiger charge is 2.15. The summed E-state index contributed by atoms with van der Waals surface area (Å²) >= 11 is 6.00. The molecular weight excluding hydrogens is 288 g/mol. The molecule has 1 aromatic rings. The first kappa shape index (κ1) is 17.5. The smallest absolute Gasteiger partial charge is 0.223 e. The van der Waals surface area contributed by atoms with Crippen molar-refractivity contribution in [2.75, 3.05) is 18.0 Å². The van der Waals surface area contributed by atoms with E-state index in [1.54, 1.807) is 17.0 Å². The van der Waals surface area contributed by atoms with Crippen LogP contribution in [0.4, 0.5) is 5.69 Å². The first-order chi connectivity index (χ1) is 9.95. The number of unbranched alkanes of at least 4 members (excludes halogenated alkanes) is 1. The highest BCUT2D eigenvalue weighted by Crippen LogP contribution is 2.24. The average Bonchev–Trinajstić information content (AvgIpc) is 2.42. The van der Waals surface area contributed by atoms with Crippen LogP contribution in [-0.2, 0) is 9.59 Å². The minimum atomic E-state index is -0.0956. The quantitative estimate of drug-likeness (QED) is 0.786. The van der Waals surface area contributed by atoms with Crippen LogP contribution in [0.15, 0.2) is 18.2 Å². The van der Waals surface area contributed by atoms with Crippen molar-refractivity contribution in [1.29, 1.82) is 0 Å². The molecule has 0 aromatic heterocycles. The van der Waals surface area contributed by atoms with Crippen molar-refractivity contribution in [2.45, 2.75) is 40.0 Å². The molecule has 1 N–H and O–H groups in total. The van der Waals surface area contributed by atoms with E-state index in [1.807, 2.05) is 13.0 Å². The van der Waals surface area contributed by atoms with E-state index < -0.39 is 0 Å². The Morgan fingerprint density at radius 2 is 2.05 bits per heavy atom. The van der Waals surface area contributed by atoms with E-state index in [0.29, 0.717) is 18.1 Å². The molecule has 5 heteroatoms. The number of carbonyl (C=O) groups excluding carboxylic acids is 2. The number of amides is 2. The second kappa shape index (κ2) is 8.67.